The van der Waals surface area contributed by atoms with Gasteiger partial charge in [0.1, 0.15) is 0 Å². The Hall–Kier alpha value is -1.20. The third-order valence-electron chi connectivity index (χ3n) is 1.90. The second kappa shape index (κ2) is 6.40. The zero-order chi connectivity index (χ0) is 12.8. The Morgan fingerprint density at radius 3 is 2.06 bits per heavy atom. The minimum atomic E-state index is -4.85. The van der Waals surface area contributed by atoms with Crippen molar-refractivity contribution in [2.45, 2.75) is 26.9 Å². The summed E-state index contributed by atoms with van der Waals surface area (Å²) in [5, 5.41) is 0. The fourth-order valence-corrected chi connectivity index (χ4v) is 1.10. The minimum Gasteiger partial charge on any atom is -0.479 e. The van der Waals surface area contributed by atoms with Crippen molar-refractivity contribution in [3.05, 3.63) is 12.0 Å². The van der Waals surface area contributed by atoms with E-state index in [1.807, 2.05) is 0 Å². The Labute approximate surface area is 92.9 Å². The SMILES string of the molecule is CCOC(=CC(=O)C(F)(F)F)N(CC)CC. The molecule has 0 aliphatic rings. The lowest BCUT2D eigenvalue weighted by Gasteiger charge is -2.23. The summed E-state index contributed by atoms with van der Waals surface area (Å²) in [6.07, 6.45) is -4.36. The number of halogens is 3. The summed E-state index contributed by atoms with van der Waals surface area (Å²) in [4.78, 5) is 12.3. The second-order valence-electron chi connectivity index (χ2n) is 2.95. The first-order valence-corrected chi connectivity index (χ1v) is 5.07. The number of nitrogens with zero attached hydrogens (tertiary/aromatic N) is 1. The molecule has 0 aromatic carbocycles. The summed E-state index contributed by atoms with van der Waals surface area (Å²) >= 11 is 0. The van der Waals surface area contributed by atoms with Crippen molar-refractivity contribution >= 4 is 5.78 Å². The molecule has 0 aromatic rings. The van der Waals surface area contributed by atoms with Crippen LogP contribution in [0.4, 0.5) is 13.2 Å². The number of hydrogen-bond donors (Lipinski definition) is 0. The molecule has 16 heavy (non-hydrogen) atoms. The third-order valence-corrected chi connectivity index (χ3v) is 1.90. The van der Waals surface area contributed by atoms with Crippen molar-refractivity contribution in [1.29, 1.82) is 0 Å². The largest absolute Gasteiger partial charge is 0.479 e. The smallest absolute Gasteiger partial charge is 0.454 e. The molecule has 0 N–H and O–H groups in total. The maximum atomic E-state index is 12.1. The minimum absolute atomic E-state index is 0.0326. The molecule has 0 rings (SSSR count). The van der Waals surface area contributed by atoms with Crippen molar-refractivity contribution in [2.75, 3.05) is 19.7 Å². The molecule has 0 atom stereocenters. The van der Waals surface area contributed by atoms with Gasteiger partial charge >= 0.3 is 6.18 Å². The Balaban J connectivity index is 4.89. The van der Waals surface area contributed by atoms with Crippen LogP contribution in [0, 0.1) is 0 Å². The summed E-state index contributed by atoms with van der Waals surface area (Å²) < 4.78 is 41.2. The number of allylic oxidation sites excluding steroid dienone is 1. The first-order valence-electron chi connectivity index (χ1n) is 5.07. The Morgan fingerprint density at radius 2 is 1.75 bits per heavy atom. The zero-order valence-corrected chi connectivity index (χ0v) is 9.60. The number of carbonyl (C=O) groups is 1. The fourth-order valence-electron chi connectivity index (χ4n) is 1.10. The zero-order valence-electron chi connectivity index (χ0n) is 9.60. The topological polar surface area (TPSA) is 29.5 Å². The average molecular weight is 239 g/mol. The molecule has 0 saturated heterocycles. The fraction of sp³-hybridized carbons (Fsp3) is 0.700. The van der Waals surface area contributed by atoms with Gasteiger partial charge in [0.05, 0.1) is 12.7 Å². The summed E-state index contributed by atoms with van der Waals surface area (Å²) in [7, 11) is 0. The number of hydrogen-bond acceptors (Lipinski definition) is 3. The van der Waals surface area contributed by atoms with E-state index in [9.17, 15) is 18.0 Å². The Bertz CT molecular complexity index is 257. The summed E-state index contributed by atoms with van der Waals surface area (Å²) in [6.45, 7) is 6.37. The number of ketones is 1. The molecule has 0 saturated carbocycles. The van der Waals surface area contributed by atoms with Crippen LogP contribution in [-0.2, 0) is 9.53 Å². The van der Waals surface area contributed by atoms with E-state index in [2.05, 4.69) is 0 Å². The normalized spacial score (nSPS) is 12.5. The van der Waals surface area contributed by atoms with Crippen molar-refractivity contribution in [3.8, 4) is 0 Å². The van der Waals surface area contributed by atoms with Crippen molar-refractivity contribution in [2.24, 2.45) is 0 Å². The van der Waals surface area contributed by atoms with Crippen LogP contribution in [0.5, 0.6) is 0 Å². The van der Waals surface area contributed by atoms with E-state index < -0.39 is 12.0 Å². The van der Waals surface area contributed by atoms with Gasteiger partial charge in [0, 0.05) is 13.1 Å². The van der Waals surface area contributed by atoms with Gasteiger partial charge in [-0.15, -0.1) is 0 Å². The molecule has 0 fully saturated rings. The van der Waals surface area contributed by atoms with Gasteiger partial charge in [-0.05, 0) is 20.8 Å². The highest BCUT2D eigenvalue weighted by Gasteiger charge is 2.37. The predicted molar refractivity (Wildman–Crippen MR) is 53.7 cm³/mol. The van der Waals surface area contributed by atoms with Gasteiger partial charge in [-0.25, -0.2) is 0 Å². The molecular formula is C10H16F3NO2. The molecule has 0 amide bonds. The van der Waals surface area contributed by atoms with Gasteiger partial charge in [-0.2, -0.15) is 13.2 Å². The van der Waals surface area contributed by atoms with Crippen molar-refractivity contribution < 1.29 is 22.7 Å². The number of ether oxygens (including phenoxy) is 1. The van der Waals surface area contributed by atoms with Gasteiger partial charge in [-0.1, -0.05) is 0 Å². The van der Waals surface area contributed by atoms with Crippen molar-refractivity contribution in [3.63, 3.8) is 0 Å². The lowest BCUT2D eigenvalue weighted by Crippen LogP contribution is -2.28. The first-order chi connectivity index (χ1) is 7.36. The molecule has 0 heterocycles. The predicted octanol–water partition coefficient (Wildman–Crippen LogP) is 2.34. The van der Waals surface area contributed by atoms with Gasteiger partial charge in [0.25, 0.3) is 5.78 Å². The highest BCUT2D eigenvalue weighted by molar-refractivity contribution is 5.94. The second-order valence-corrected chi connectivity index (χ2v) is 2.95. The van der Waals surface area contributed by atoms with Gasteiger partial charge in [0.15, 0.2) is 5.88 Å². The molecule has 0 spiro atoms. The Morgan fingerprint density at radius 1 is 1.25 bits per heavy atom. The highest BCUT2D eigenvalue weighted by Crippen LogP contribution is 2.18. The monoisotopic (exact) mass is 239 g/mol. The highest BCUT2D eigenvalue weighted by atomic mass is 19.4. The van der Waals surface area contributed by atoms with Crippen LogP contribution in [0.2, 0.25) is 0 Å². The van der Waals surface area contributed by atoms with Gasteiger partial charge in [0.2, 0.25) is 0 Å². The molecule has 0 aliphatic heterocycles. The summed E-state index contributed by atoms with van der Waals surface area (Å²) in [6, 6.07) is 0. The maximum Gasteiger partial charge on any atom is 0.454 e. The van der Waals surface area contributed by atoms with Crippen LogP contribution in [-0.4, -0.2) is 36.6 Å². The van der Waals surface area contributed by atoms with Gasteiger partial charge in [-0.3, -0.25) is 4.79 Å². The van der Waals surface area contributed by atoms with E-state index in [1.54, 1.807) is 25.7 Å². The van der Waals surface area contributed by atoms with E-state index in [-0.39, 0.29) is 12.5 Å². The lowest BCUT2D eigenvalue weighted by atomic mass is 10.3. The standard InChI is InChI=1S/C10H16F3NO2/c1-4-14(5-2)9(16-6-3)7-8(15)10(11,12)13/h7H,4-6H2,1-3H3. The molecule has 0 radical (unpaired) electrons. The molecule has 0 unspecified atom stereocenters. The first kappa shape index (κ1) is 14.8. The van der Waals surface area contributed by atoms with Crippen LogP contribution < -0.4 is 0 Å². The van der Waals surface area contributed by atoms with E-state index in [0.29, 0.717) is 19.2 Å². The summed E-state index contributed by atoms with van der Waals surface area (Å²) in [5.41, 5.74) is 0. The van der Waals surface area contributed by atoms with E-state index >= 15 is 0 Å². The summed E-state index contributed by atoms with van der Waals surface area (Å²) in [5.74, 6) is -1.93. The maximum absolute atomic E-state index is 12.1. The molecule has 3 nitrogen and oxygen atoms in total. The van der Waals surface area contributed by atoms with E-state index in [0.717, 1.165) is 0 Å². The third kappa shape index (κ3) is 4.55. The quantitative estimate of drug-likeness (QED) is 0.526. The van der Waals surface area contributed by atoms with Crippen LogP contribution in [0.25, 0.3) is 0 Å². The molecule has 94 valence electrons. The molecule has 6 heteroatoms. The van der Waals surface area contributed by atoms with Crippen LogP contribution in [0.3, 0.4) is 0 Å². The lowest BCUT2D eigenvalue weighted by molar-refractivity contribution is -0.165. The molecule has 0 aliphatic carbocycles. The molecule has 0 bridgehead atoms. The average Bonchev–Trinajstić information content (AvgIpc) is 2.18. The van der Waals surface area contributed by atoms with Crippen LogP contribution in [0.1, 0.15) is 20.8 Å². The van der Waals surface area contributed by atoms with E-state index in [1.165, 1.54) is 0 Å². The van der Waals surface area contributed by atoms with Crippen molar-refractivity contribution in [1.82, 2.24) is 4.90 Å². The van der Waals surface area contributed by atoms with E-state index in [4.69, 9.17) is 4.74 Å². The van der Waals surface area contributed by atoms with Gasteiger partial charge < -0.3 is 9.64 Å². The number of alkyl halides is 3. The molecule has 0 aromatic heterocycles. The number of carbonyl (C=O) groups excluding carboxylic acids is 1. The van der Waals surface area contributed by atoms with Crippen LogP contribution in [0.15, 0.2) is 12.0 Å². The Kier molecular flexibility index (Phi) is 5.92. The van der Waals surface area contributed by atoms with Crippen LogP contribution >= 0.6 is 0 Å². The number of rotatable bonds is 6. The molecular weight excluding hydrogens is 223 g/mol.